The van der Waals surface area contributed by atoms with Gasteiger partial charge in [0, 0.05) is 11.1 Å². The molecule has 2 N–H and O–H groups in total. The molecule has 0 saturated heterocycles. The number of hydrazone groups is 2. The van der Waals surface area contributed by atoms with Gasteiger partial charge < -0.3 is 0 Å². The van der Waals surface area contributed by atoms with Gasteiger partial charge in [0.2, 0.25) is 0 Å². The van der Waals surface area contributed by atoms with Gasteiger partial charge in [-0.1, -0.05) is 60.7 Å². The van der Waals surface area contributed by atoms with E-state index in [4.69, 9.17) is 0 Å². The average molecular weight is 314 g/mol. The summed E-state index contributed by atoms with van der Waals surface area (Å²) in [6.45, 7) is 0. The molecule has 0 aliphatic heterocycles. The lowest BCUT2D eigenvalue weighted by Crippen LogP contribution is -1.96. The summed E-state index contributed by atoms with van der Waals surface area (Å²) in [7, 11) is 0. The Morgan fingerprint density at radius 1 is 0.500 bits per heavy atom. The molecule has 0 radical (unpaired) electrons. The van der Waals surface area contributed by atoms with E-state index < -0.39 is 0 Å². The first kappa shape index (κ1) is 15.5. The van der Waals surface area contributed by atoms with Crippen molar-refractivity contribution in [3.05, 3.63) is 96.1 Å². The minimum absolute atomic E-state index is 0.950. The Morgan fingerprint density at radius 3 is 1.29 bits per heavy atom. The molecule has 0 bridgehead atoms. The zero-order valence-electron chi connectivity index (χ0n) is 13.1. The minimum Gasteiger partial charge on any atom is -0.279 e. The number of nitrogens with one attached hydrogen (secondary N) is 2. The first-order valence-corrected chi connectivity index (χ1v) is 7.69. The van der Waals surface area contributed by atoms with Crippen molar-refractivity contribution in [3.63, 3.8) is 0 Å². The molecule has 4 heteroatoms. The Balaban J connectivity index is 1.66. The second-order valence-electron chi connectivity index (χ2n) is 5.10. The van der Waals surface area contributed by atoms with E-state index in [-0.39, 0.29) is 0 Å². The van der Waals surface area contributed by atoms with Crippen molar-refractivity contribution < 1.29 is 0 Å². The van der Waals surface area contributed by atoms with Crippen LogP contribution in [-0.4, -0.2) is 12.4 Å². The van der Waals surface area contributed by atoms with Gasteiger partial charge in [0.1, 0.15) is 0 Å². The number of hydrogen-bond acceptors (Lipinski definition) is 4. The van der Waals surface area contributed by atoms with Gasteiger partial charge in [-0.05, 0) is 24.3 Å². The second-order valence-corrected chi connectivity index (χ2v) is 5.10. The fraction of sp³-hybridized carbons (Fsp3) is 0. The Kier molecular flexibility index (Phi) is 5.35. The molecule has 3 aromatic rings. The Bertz CT molecular complexity index is 741. The van der Waals surface area contributed by atoms with Crippen LogP contribution in [0.15, 0.2) is 95.1 Å². The number of benzene rings is 3. The van der Waals surface area contributed by atoms with Crippen LogP contribution >= 0.6 is 0 Å². The fourth-order valence-electron chi connectivity index (χ4n) is 2.12. The van der Waals surface area contributed by atoms with E-state index in [0.717, 1.165) is 22.5 Å². The van der Waals surface area contributed by atoms with Gasteiger partial charge in [0.15, 0.2) is 0 Å². The number of anilines is 2. The van der Waals surface area contributed by atoms with Crippen molar-refractivity contribution in [2.75, 3.05) is 10.9 Å². The summed E-state index contributed by atoms with van der Waals surface area (Å²) >= 11 is 0. The van der Waals surface area contributed by atoms with Gasteiger partial charge in [-0.15, -0.1) is 0 Å². The van der Waals surface area contributed by atoms with Gasteiger partial charge in [0.05, 0.1) is 23.8 Å². The Morgan fingerprint density at radius 2 is 0.875 bits per heavy atom. The normalized spacial score (nSPS) is 11.0. The van der Waals surface area contributed by atoms with Crippen LogP contribution in [0.2, 0.25) is 0 Å². The highest BCUT2D eigenvalue weighted by Gasteiger charge is 1.96. The molecule has 0 aromatic heterocycles. The molecule has 0 aliphatic carbocycles. The predicted molar refractivity (Wildman–Crippen MR) is 102 cm³/mol. The molecule has 0 spiro atoms. The molecule has 4 nitrogen and oxygen atoms in total. The van der Waals surface area contributed by atoms with Crippen LogP contribution in [-0.2, 0) is 0 Å². The second kappa shape index (κ2) is 8.29. The molecule has 24 heavy (non-hydrogen) atoms. The van der Waals surface area contributed by atoms with E-state index in [2.05, 4.69) is 21.1 Å². The summed E-state index contributed by atoms with van der Waals surface area (Å²) in [5.41, 5.74) is 9.89. The minimum atomic E-state index is 0.950. The molecule has 0 atom stereocenters. The molecular weight excluding hydrogens is 296 g/mol. The molecule has 0 fully saturated rings. The molecule has 0 unspecified atom stereocenters. The number of nitrogens with zero attached hydrogens (tertiary/aromatic N) is 2. The smallest absolute Gasteiger partial charge is 0.0561 e. The number of rotatable bonds is 6. The lowest BCUT2D eigenvalue weighted by molar-refractivity contribution is 1.34. The highest BCUT2D eigenvalue weighted by atomic mass is 15.3. The largest absolute Gasteiger partial charge is 0.279 e. The van der Waals surface area contributed by atoms with Gasteiger partial charge in [-0.2, -0.15) is 10.2 Å². The average Bonchev–Trinajstić information content (AvgIpc) is 2.65. The van der Waals surface area contributed by atoms with Crippen LogP contribution in [0.3, 0.4) is 0 Å². The summed E-state index contributed by atoms with van der Waals surface area (Å²) in [4.78, 5) is 0. The van der Waals surface area contributed by atoms with E-state index in [1.165, 1.54) is 0 Å². The molecular formula is C20H18N4. The molecule has 118 valence electrons. The third-order valence-corrected chi connectivity index (χ3v) is 3.34. The number of para-hydroxylation sites is 2. The highest BCUT2D eigenvalue weighted by Crippen LogP contribution is 2.08. The topological polar surface area (TPSA) is 48.8 Å². The quantitative estimate of drug-likeness (QED) is 0.517. The van der Waals surface area contributed by atoms with Crippen LogP contribution in [0.5, 0.6) is 0 Å². The molecule has 0 aliphatic rings. The van der Waals surface area contributed by atoms with Crippen molar-refractivity contribution in [2.24, 2.45) is 10.2 Å². The van der Waals surface area contributed by atoms with Crippen LogP contribution in [0.1, 0.15) is 11.1 Å². The first-order valence-electron chi connectivity index (χ1n) is 7.69. The van der Waals surface area contributed by atoms with Gasteiger partial charge >= 0.3 is 0 Å². The van der Waals surface area contributed by atoms with E-state index in [9.17, 15) is 0 Å². The fourth-order valence-corrected chi connectivity index (χ4v) is 2.12. The van der Waals surface area contributed by atoms with Crippen LogP contribution in [0.4, 0.5) is 11.4 Å². The van der Waals surface area contributed by atoms with Gasteiger partial charge in [-0.3, -0.25) is 10.9 Å². The van der Waals surface area contributed by atoms with Crippen molar-refractivity contribution in [1.29, 1.82) is 0 Å². The maximum absolute atomic E-state index is 4.28. The summed E-state index contributed by atoms with van der Waals surface area (Å²) in [5, 5.41) is 8.56. The lowest BCUT2D eigenvalue weighted by Gasteiger charge is -2.02. The molecule has 3 rings (SSSR count). The third-order valence-electron chi connectivity index (χ3n) is 3.34. The monoisotopic (exact) mass is 314 g/mol. The molecule has 0 heterocycles. The van der Waals surface area contributed by atoms with E-state index in [1.807, 2.05) is 84.9 Å². The van der Waals surface area contributed by atoms with Crippen molar-refractivity contribution >= 4 is 23.8 Å². The predicted octanol–water partition coefficient (Wildman–Crippen LogP) is 4.58. The van der Waals surface area contributed by atoms with Crippen molar-refractivity contribution in [2.45, 2.75) is 0 Å². The molecule has 0 amide bonds. The molecule has 0 saturated carbocycles. The third kappa shape index (κ3) is 4.55. The summed E-state index contributed by atoms with van der Waals surface area (Å²) in [6, 6.07) is 27.6. The van der Waals surface area contributed by atoms with Crippen LogP contribution in [0.25, 0.3) is 0 Å². The van der Waals surface area contributed by atoms with Crippen molar-refractivity contribution in [1.82, 2.24) is 0 Å². The maximum atomic E-state index is 4.28. The highest BCUT2D eigenvalue weighted by molar-refractivity contribution is 5.94. The SMILES string of the molecule is C(=N\Nc1ccccc1)/c1ccccc1/C=N/Nc1ccccc1. The van der Waals surface area contributed by atoms with Gasteiger partial charge in [0.25, 0.3) is 0 Å². The molecule has 3 aromatic carbocycles. The van der Waals surface area contributed by atoms with Crippen LogP contribution < -0.4 is 10.9 Å². The van der Waals surface area contributed by atoms with Crippen molar-refractivity contribution in [3.8, 4) is 0 Å². The summed E-state index contributed by atoms with van der Waals surface area (Å²) < 4.78 is 0. The van der Waals surface area contributed by atoms with Crippen LogP contribution in [0, 0.1) is 0 Å². The van der Waals surface area contributed by atoms with E-state index in [0.29, 0.717) is 0 Å². The van der Waals surface area contributed by atoms with E-state index >= 15 is 0 Å². The van der Waals surface area contributed by atoms with E-state index in [1.54, 1.807) is 12.4 Å². The zero-order chi connectivity index (χ0) is 16.5. The maximum Gasteiger partial charge on any atom is 0.0561 e. The zero-order valence-corrected chi connectivity index (χ0v) is 13.1. The lowest BCUT2D eigenvalue weighted by atomic mass is 10.1. The Hall–Kier alpha value is -3.40. The summed E-state index contributed by atoms with van der Waals surface area (Å²) in [5.74, 6) is 0. The standard InChI is InChI=1S/C20H18N4/c1-3-11-19(12-4-1)23-21-15-17-9-7-8-10-18(17)16-22-24-20-13-5-2-6-14-20/h1-16,23-24H/b21-15+,22-16+. The first-order chi connectivity index (χ1) is 11.9. The summed E-state index contributed by atoms with van der Waals surface area (Å²) in [6.07, 6.45) is 3.58. The van der Waals surface area contributed by atoms with Gasteiger partial charge in [-0.25, -0.2) is 0 Å². The number of hydrogen-bond donors (Lipinski definition) is 2. The Labute approximate surface area is 141 Å².